The molecule has 3 aromatic carbocycles. The first-order chi connectivity index (χ1) is 15.3. The Kier molecular flexibility index (Phi) is 6.10. The van der Waals surface area contributed by atoms with E-state index in [1.807, 2.05) is 30.3 Å². The van der Waals surface area contributed by atoms with E-state index in [0.29, 0.717) is 35.8 Å². The molecule has 2 amide bonds. The van der Waals surface area contributed by atoms with Gasteiger partial charge in [-0.15, -0.1) is 0 Å². The van der Waals surface area contributed by atoms with Gasteiger partial charge in [-0.05, 0) is 47.4 Å². The third-order valence-electron chi connectivity index (χ3n) is 5.32. The number of benzene rings is 3. The molecule has 0 bridgehead atoms. The molecule has 1 saturated heterocycles. The van der Waals surface area contributed by atoms with Crippen LogP contribution in [0.3, 0.4) is 0 Å². The van der Waals surface area contributed by atoms with Crippen molar-refractivity contribution in [2.24, 2.45) is 0 Å². The zero-order valence-corrected chi connectivity index (χ0v) is 18.6. The van der Waals surface area contributed by atoms with E-state index in [0.717, 1.165) is 5.56 Å². The molecule has 3 aromatic rings. The van der Waals surface area contributed by atoms with Gasteiger partial charge in [-0.25, -0.2) is 4.90 Å². The molecule has 1 atom stereocenters. The van der Waals surface area contributed by atoms with Crippen molar-refractivity contribution >= 4 is 17.5 Å². The van der Waals surface area contributed by atoms with Crippen LogP contribution in [-0.2, 0) is 10.2 Å². The summed E-state index contributed by atoms with van der Waals surface area (Å²) in [7, 11) is 0. The van der Waals surface area contributed by atoms with Crippen LogP contribution in [0.15, 0.2) is 78.9 Å². The lowest BCUT2D eigenvalue weighted by Gasteiger charge is -2.24. The molecule has 0 aliphatic carbocycles. The Hall–Kier alpha value is -3.44. The highest BCUT2D eigenvalue weighted by Crippen LogP contribution is 2.28. The number of carbonyl (C=O) groups is 2. The molecule has 1 aliphatic rings. The first-order valence-electron chi connectivity index (χ1n) is 10.7. The van der Waals surface area contributed by atoms with Gasteiger partial charge >= 0.3 is 0 Å². The molecule has 5 nitrogen and oxygen atoms in total. The Morgan fingerprint density at radius 1 is 0.906 bits per heavy atom. The second kappa shape index (κ2) is 8.97. The maximum atomic E-state index is 13.7. The van der Waals surface area contributed by atoms with Crippen LogP contribution in [0.25, 0.3) is 0 Å². The third-order valence-corrected chi connectivity index (χ3v) is 5.32. The standard InChI is InChI=1S/C27H27NO4/c1-27(2,3)21-12-7-11-20(15-21)26(30)28(25(29)19-9-5-4-6-10-19)22-13-8-14-23(16-22)31-17-24-18-32-24/h4-16,24H,17-18H2,1-3H3. The van der Waals surface area contributed by atoms with Crippen LogP contribution in [0, 0.1) is 0 Å². The fourth-order valence-corrected chi connectivity index (χ4v) is 3.35. The first kappa shape index (κ1) is 21.8. The average molecular weight is 430 g/mol. The predicted octanol–water partition coefficient (Wildman–Crippen LogP) is 5.25. The summed E-state index contributed by atoms with van der Waals surface area (Å²) in [6.45, 7) is 7.41. The van der Waals surface area contributed by atoms with Crippen molar-refractivity contribution in [1.29, 1.82) is 0 Å². The van der Waals surface area contributed by atoms with E-state index >= 15 is 0 Å². The lowest BCUT2D eigenvalue weighted by molar-refractivity contribution is 0.0897. The van der Waals surface area contributed by atoms with Crippen molar-refractivity contribution in [3.05, 3.63) is 95.6 Å². The largest absolute Gasteiger partial charge is 0.491 e. The maximum absolute atomic E-state index is 13.7. The molecular formula is C27H27NO4. The number of imide groups is 1. The van der Waals surface area contributed by atoms with Gasteiger partial charge in [0.05, 0.1) is 12.3 Å². The number of ether oxygens (including phenoxy) is 2. The van der Waals surface area contributed by atoms with Crippen molar-refractivity contribution < 1.29 is 19.1 Å². The molecule has 0 N–H and O–H groups in total. The van der Waals surface area contributed by atoms with E-state index < -0.39 is 0 Å². The van der Waals surface area contributed by atoms with Gasteiger partial charge in [0, 0.05) is 17.2 Å². The molecule has 1 aliphatic heterocycles. The highest BCUT2D eigenvalue weighted by molar-refractivity contribution is 6.25. The SMILES string of the molecule is CC(C)(C)c1cccc(C(=O)N(C(=O)c2ccccc2)c2cccc(OCC3CO3)c2)c1. The lowest BCUT2D eigenvalue weighted by Crippen LogP contribution is -2.37. The number of nitrogens with zero attached hydrogens (tertiary/aromatic N) is 1. The quantitative estimate of drug-likeness (QED) is 0.397. The summed E-state index contributed by atoms with van der Waals surface area (Å²) < 4.78 is 11.0. The van der Waals surface area contributed by atoms with Gasteiger partial charge in [0.1, 0.15) is 18.5 Å². The smallest absolute Gasteiger partial charge is 0.265 e. The zero-order valence-electron chi connectivity index (χ0n) is 18.6. The second-order valence-corrected chi connectivity index (χ2v) is 8.91. The second-order valence-electron chi connectivity index (χ2n) is 8.91. The van der Waals surface area contributed by atoms with Crippen LogP contribution < -0.4 is 9.64 Å². The molecule has 0 aromatic heterocycles. The molecule has 32 heavy (non-hydrogen) atoms. The predicted molar refractivity (Wildman–Crippen MR) is 124 cm³/mol. The normalized spacial score (nSPS) is 15.2. The highest BCUT2D eigenvalue weighted by Gasteiger charge is 2.28. The minimum Gasteiger partial charge on any atom is -0.491 e. The van der Waals surface area contributed by atoms with Crippen molar-refractivity contribution in [3.8, 4) is 5.75 Å². The van der Waals surface area contributed by atoms with Gasteiger partial charge in [0.15, 0.2) is 0 Å². The van der Waals surface area contributed by atoms with Crippen LogP contribution in [0.5, 0.6) is 5.75 Å². The van der Waals surface area contributed by atoms with Crippen molar-refractivity contribution in [2.75, 3.05) is 18.1 Å². The number of epoxide rings is 1. The Labute approximate surface area is 188 Å². The van der Waals surface area contributed by atoms with Gasteiger partial charge in [-0.1, -0.05) is 57.2 Å². The van der Waals surface area contributed by atoms with E-state index in [4.69, 9.17) is 9.47 Å². The third kappa shape index (κ3) is 5.06. The molecule has 5 heteroatoms. The number of carbonyl (C=O) groups excluding carboxylic acids is 2. The Morgan fingerprint density at radius 3 is 2.25 bits per heavy atom. The summed E-state index contributed by atoms with van der Waals surface area (Å²) in [5, 5.41) is 0. The average Bonchev–Trinajstić information content (AvgIpc) is 3.63. The van der Waals surface area contributed by atoms with Gasteiger partial charge < -0.3 is 9.47 Å². The fourth-order valence-electron chi connectivity index (χ4n) is 3.35. The van der Waals surface area contributed by atoms with Crippen LogP contribution >= 0.6 is 0 Å². The van der Waals surface area contributed by atoms with Gasteiger partial charge in [-0.3, -0.25) is 9.59 Å². The van der Waals surface area contributed by atoms with E-state index in [9.17, 15) is 9.59 Å². The summed E-state index contributed by atoms with van der Waals surface area (Å²) in [4.78, 5) is 28.4. The van der Waals surface area contributed by atoms with Gasteiger partial charge in [0.2, 0.25) is 0 Å². The summed E-state index contributed by atoms with van der Waals surface area (Å²) in [6.07, 6.45) is 0.113. The van der Waals surface area contributed by atoms with Crippen molar-refractivity contribution in [2.45, 2.75) is 32.3 Å². The highest BCUT2D eigenvalue weighted by atomic mass is 16.6. The number of hydrogen-bond acceptors (Lipinski definition) is 4. The number of hydrogen-bond donors (Lipinski definition) is 0. The Balaban J connectivity index is 1.72. The maximum Gasteiger partial charge on any atom is 0.265 e. The van der Waals surface area contributed by atoms with Crippen molar-refractivity contribution in [1.82, 2.24) is 0 Å². The van der Waals surface area contributed by atoms with E-state index in [2.05, 4.69) is 20.8 Å². The molecule has 0 saturated carbocycles. The van der Waals surface area contributed by atoms with Gasteiger partial charge in [-0.2, -0.15) is 0 Å². The van der Waals surface area contributed by atoms with Crippen LogP contribution in [0.4, 0.5) is 5.69 Å². The summed E-state index contributed by atoms with van der Waals surface area (Å²) >= 11 is 0. The first-order valence-corrected chi connectivity index (χ1v) is 10.7. The Bertz CT molecular complexity index is 1110. The van der Waals surface area contributed by atoms with Gasteiger partial charge in [0.25, 0.3) is 11.8 Å². The van der Waals surface area contributed by atoms with Crippen LogP contribution in [0.2, 0.25) is 0 Å². The molecule has 0 radical (unpaired) electrons. The molecule has 1 unspecified atom stereocenters. The Morgan fingerprint density at radius 2 is 1.56 bits per heavy atom. The van der Waals surface area contributed by atoms with E-state index in [1.54, 1.807) is 48.5 Å². The number of rotatable bonds is 6. The number of anilines is 1. The molecule has 164 valence electrons. The molecule has 0 spiro atoms. The van der Waals surface area contributed by atoms with Crippen LogP contribution in [-0.4, -0.2) is 31.1 Å². The topological polar surface area (TPSA) is 59.1 Å². The summed E-state index contributed by atoms with van der Waals surface area (Å²) in [6, 6.07) is 23.3. The fraction of sp³-hybridized carbons (Fsp3) is 0.259. The lowest BCUT2D eigenvalue weighted by atomic mass is 9.86. The summed E-state index contributed by atoms with van der Waals surface area (Å²) in [5.74, 6) is -0.188. The summed E-state index contributed by atoms with van der Waals surface area (Å²) in [5.41, 5.74) is 2.25. The molecule has 1 heterocycles. The van der Waals surface area contributed by atoms with E-state index in [-0.39, 0.29) is 23.3 Å². The zero-order chi connectivity index (χ0) is 22.7. The monoisotopic (exact) mass is 429 g/mol. The molecular weight excluding hydrogens is 402 g/mol. The number of amides is 2. The van der Waals surface area contributed by atoms with E-state index in [1.165, 1.54) is 4.90 Å². The minimum absolute atomic E-state index is 0.113. The molecule has 4 rings (SSSR count). The minimum atomic E-state index is -0.389. The van der Waals surface area contributed by atoms with Crippen LogP contribution in [0.1, 0.15) is 47.1 Å². The van der Waals surface area contributed by atoms with Crippen molar-refractivity contribution in [3.63, 3.8) is 0 Å². The molecule has 1 fully saturated rings.